The molecule has 2 aromatic heterocycles. The molecule has 3 aromatic rings. The number of hydrogen-bond donors (Lipinski definition) is 2. The van der Waals surface area contributed by atoms with Crippen molar-refractivity contribution in [2.75, 3.05) is 40.4 Å². The quantitative estimate of drug-likeness (QED) is 0.587. The molecule has 0 unspecified atom stereocenters. The topological polar surface area (TPSA) is 79.4 Å². The van der Waals surface area contributed by atoms with Crippen LogP contribution in [-0.4, -0.2) is 50.6 Å². The van der Waals surface area contributed by atoms with Crippen LogP contribution in [0.1, 0.15) is 17.0 Å². The van der Waals surface area contributed by atoms with Gasteiger partial charge in [0.15, 0.2) is 23.8 Å². The predicted molar refractivity (Wildman–Crippen MR) is 105 cm³/mol. The van der Waals surface area contributed by atoms with Crippen LogP contribution in [0.3, 0.4) is 0 Å². The van der Waals surface area contributed by atoms with E-state index in [2.05, 4.69) is 29.3 Å². The molecule has 0 radical (unpaired) electrons. The number of piperazine rings is 1. The molecule has 0 saturated carbocycles. The minimum absolute atomic E-state index is 0.442. The summed E-state index contributed by atoms with van der Waals surface area (Å²) in [5.41, 5.74) is 2.54. The molecule has 2 N–H and O–H groups in total. The van der Waals surface area contributed by atoms with Gasteiger partial charge in [-0.05, 0) is 36.8 Å². The summed E-state index contributed by atoms with van der Waals surface area (Å²) >= 11 is 0. The number of aryl methyl sites for hydroxylation is 1. The van der Waals surface area contributed by atoms with E-state index in [0.717, 1.165) is 50.8 Å². The van der Waals surface area contributed by atoms with E-state index >= 15 is 0 Å². The molecule has 1 aliphatic heterocycles. The first-order chi connectivity index (χ1) is 14.2. The Morgan fingerprint density at radius 3 is 2.31 bits per heavy atom. The fourth-order valence-corrected chi connectivity index (χ4v) is 3.83. The van der Waals surface area contributed by atoms with Crippen molar-refractivity contribution in [3.05, 3.63) is 47.5 Å². The van der Waals surface area contributed by atoms with E-state index < -0.39 is 0 Å². The molecule has 3 heterocycles. The molecule has 8 heteroatoms. The SMILES string of the molecule is COc1cc(C)c(C[NH+]2CC[NH+](Cc3nnc(-c4ccco4)o3)CC2)cc1OC. The van der Waals surface area contributed by atoms with Gasteiger partial charge in [0.1, 0.15) is 32.7 Å². The fourth-order valence-electron chi connectivity index (χ4n) is 3.83. The van der Waals surface area contributed by atoms with Gasteiger partial charge >= 0.3 is 0 Å². The molecule has 154 valence electrons. The summed E-state index contributed by atoms with van der Waals surface area (Å²) in [4.78, 5) is 3.04. The van der Waals surface area contributed by atoms with Gasteiger partial charge < -0.3 is 28.1 Å². The second kappa shape index (κ2) is 8.67. The number of nitrogens with one attached hydrogen (secondary N) is 2. The Bertz CT molecular complexity index is 930. The van der Waals surface area contributed by atoms with Crippen molar-refractivity contribution in [3.63, 3.8) is 0 Å². The smallest absolute Gasteiger partial charge is 0.283 e. The largest absolute Gasteiger partial charge is 0.493 e. The normalized spacial score (nSPS) is 19.3. The van der Waals surface area contributed by atoms with Crippen molar-refractivity contribution < 1.29 is 28.1 Å². The number of hydrogen-bond acceptors (Lipinski definition) is 6. The first kappa shape index (κ1) is 19.5. The average Bonchev–Trinajstić information content (AvgIpc) is 3.42. The molecule has 29 heavy (non-hydrogen) atoms. The van der Waals surface area contributed by atoms with Crippen molar-refractivity contribution in [2.45, 2.75) is 20.0 Å². The highest BCUT2D eigenvalue weighted by Gasteiger charge is 2.26. The van der Waals surface area contributed by atoms with E-state index in [-0.39, 0.29) is 0 Å². The number of rotatable bonds is 7. The summed E-state index contributed by atoms with van der Waals surface area (Å²) in [6, 6.07) is 7.80. The Morgan fingerprint density at radius 1 is 0.966 bits per heavy atom. The molecule has 1 aliphatic rings. The van der Waals surface area contributed by atoms with Gasteiger partial charge in [0, 0.05) is 5.56 Å². The minimum atomic E-state index is 0.442. The first-order valence-corrected chi connectivity index (χ1v) is 9.91. The van der Waals surface area contributed by atoms with Crippen molar-refractivity contribution >= 4 is 0 Å². The Hall–Kier alpha value is -2.84. The molecule has 1 aromatic carbocycles. The minimum Gasteiger partial charge on any atom is -0.493 e. The molecule has 0 bridgehead atoms. The Morgan fingerprint density at radius 2 is 1.66 bits per heavy atom. The number of nitrogens with zero attached hydrogens (tertiary/aromatic N) is 2. The van der Waals surface area contributed by atoms with E-state index in [1.807, 2.05) is 12.1 Å². The summed E-state index contributed by atoms with van der Waals surface area (Å²) in [6.45, 7) is 8.20. The van der Waals surface area contributed by atoms with Gasteiger partial charge in [0.05, 0.1) is 20.5 Å². The Balaban J connectivity index is 1.32. The molecule has 4 rings (SSSR count). The van der Waals surface area contributed by atoms with Gasteiger partial charge in [-0.25, -0.2) is 0 Å². The lowest BCUT2D eigenvalue weighted by Gasteiger charge is -2.29. The van der Waals surface area contributed by atoms with E-state index in [1.165, 1.54) is 16.0 Å². The van der Waals surface area contributed by atoms with Crippen LogP contribution in [0.4, 0.5) is 0 Å². The number of quaternary nitrogens is 2. The lowest BCUT2D eigenvalue weighted by Crippen LogP contribution is -3.27. The maximum Gasteiger partial charge on any atom is 0.283 e. The average molecular weight is 400 g/mol. The summed E-state index contributed by atoms with van der Waals surface area (Å²) in [7, 11) is 3.35. The maximum atomic E-state index is 5.75. The molecule has 0 spiro atoms. The summed E-state index contributed by atoms with van der Waals surface area (Å²) in [6.07, 6.45) is 1.60. The van der Waals surface area contributed by atoms with Gasteiger partial charge in [-0.1, -0.05) is 0 Å². The summed E-state index contributed by atoms with van der Waals surface area (Å²) < 4.78 is 21.9. The number of furan rings is 1. The summed E-state index contributed by atoms with van der Waals surface area (Å²) in [5.74, 6) is 3.29. The van der Waals surface area contributed by atoms with Crippen LogP contribution in [0.5, 0.6) is 11.5 Å². The van der Waals surface area contributed by atoms with Gasteiger partial charge in [0.2, 0.25) is 0 Å². The van der Waals surface area contributed by atoms with Crippen LogP contribution in [0, 0.1) is 6.92 Å². The number of methoxy groups -OCH3 is 2. The molecule has 1 fully saturated rings. The third-order valence-electron chi connectivity index (χ3n) is 5.55. The Labute approximate surface area is 170 Å². The highest BCUT2D eigenvalue weighted by Crippen LogP contribution is 2.29. The molecular weight excluding hydrogens is 372 g/mol. The van der Waals surface area contributed by atoms with Crippen LogP contribution < -0.4 is 19.3 Å². The lowest BCUT2D eigenvalue weighted by molar-refractivity contribution is -1.02. The zero-order chi connectivity index (χ0) is 20.2. The molecule has 8 nitrogen and oxygen atoms in total. The van der Waals surface area contributed by atoms with Gasteiger partial charge in [-0.2, -0.15) is 0 Å². The second-order valence-corrected chi connectivity index (χ2v) is 7.47. The van der Waals surface area contributed by atoms with Crippen molar-refractivity contribution in [1.82, 2.24) is 10.2 Å². The first-order valence-electron chi connectivity index (χ1n) is 9.91. The fraction of sp³-hybridized carbons (Fsp3) is 0.429. The van der Waals surface area contributed by atoms with Gasteiger partial charge in [0.25, 0.3) is 11.8 Å². The van der Waals surface area contributed by atoms with Gasteiger partial charge in [-0.15, -0.1) is 10.2 Å². The zero-order valence-corrected chi connectivity index (χ0v) is 17.2. The number of benzene rings is 1. The van der Waals surface area contributed by atoms with Crippen molar-refractivity contribution in [1.29, 1.82) is 0 Å². The zero-order valence-electron chi connectivity index (χ0n) is 17.2. The third-order valence-corrected chi connectivity index (χ3v) is 5.55. The van der Waals surface area contributed by atoms with E-state index in [0.29, 0.717) is 17.5 Å². The molecule has 1 saturated heterocycles. The molecular formula is C21H28N4O4+2. The van der Waals surface area contributed by atoms with Crippen LogP contribution in [0.15, 0.2) is 39.4 Å². The van der Waals surface area contributed by atoms with Crippen LogP contribution in [0.25, 0.3) is 11.7 Å². The third kappa shape index (κ3) is 4.44. The molecule has 0 atom stereocenters. The number of aromatic nitrogens is 2. The monoisotopic (exact) mass is 400 g/mol. The van der Waals surface area contributed by atoms with E-state index in [4.69, 9.17) is 18.3 Å². The van der Waals surface area contributed by atoms with Crippen LogP contribution in [-0.2, 0) is 13.1 Å². The van der Waals surface area contributed by atoms with E-state index in [9.17, 15) is 0 Å². The Kier molecular flexibility index (Phi) is 5.82. The maximum absolute atomic E-state index is 5.75. The molecule has 0 aliphatic carbocycles. The van der Waals surface area contributed by atoms with Gasteiger partial charge in [-0.3, -0.25) is 0 Å². The van der Waals surface area contributed by atoms with E-state index in [1.54, 1.807) is 25.4 Å². The summed E-state index contributed by atoms with van der Waals surface area (Å²) in [5, 5.41) is 8.25. The van der Waals surface area contributed by atoms with Crippen LogP contribution in [0.2, 0.25) is 0 Å². The standard InChI is InChI=1S/C21H26N4O4/c1-15-11-18(26-2)19(27-3)12-16(15)13-24-6-8-25(9-7-24)14-20-22-23-21(29-20)17-5-4-10-28-17/h4-5,10-12H,6-9,13-14H2,1-3H3/p+2. The highest BCUT2D eigenvalue weighted by atomic mass is 16.5. The predicted octanol–water partition coefficient (Wildman–Crippen LogP) is 0.139. The second-order valence-electron chi connectivity index (χ2n) is 7.47. The van der Waals surface area contributed by atoms with Crippen molar-refractivity contribution in [3.8, 4) is 23.1 Å². The van der Waals surface area contributed by atoms with Crippen LogP contribution >= 0.6 is 0 Å². The van der Waals surface area contributed by atoms with Crippen molar-refractivity contribution in [2.24, 2.45) is 0 Å². The molecule has 0 amide bonds. The highest BCUT2D eigenvalue weighted by molar-refractivity contribution is 5.46. The number of ether oxygens (including phenoxy) is 2. The lowest BCUT2D eigenvalue weighted by atomic mass is 10.1.